The first kappa shape index (κ1) is 8.28. The molecule has 0 aromatic heterocycles. The number of unbranched alkanes of at least 4 members (excludes halogenated alkanes) is 1. The fourth-order valence-electron chi connectivity index (χ4n) is 0.512. The third-order valence-electron chi connectivity index (χ3n) is 1.11. The molecule has 0 fully saturated rings. The number of allylic oxidation sites excluding steroid dienone is 3. The van der Waals surface area contributed by atoms with Gasteiger partial charge in [-0.2, -0.15) is 0 Å². The standard InChI is InChI=1S/C8H14O/c1-3-5-6-7-8(9)4-2/h3,7,9H,1,4-6H2,2H3/b8-7+. The molecule has 0 bridgehead atoms. The van der Waals surface area contributed by atoms with Crippen LogP contribution in [0.25, 0.3) is 0 Å². The molecule has 0 aliphatic heterocycles. The minimum absolute atomic E-state index is 0.483. The van der Waals surface area contributed by atoms with Gasteiger partial charge in [-0.05, 0) is 18.9 Å². The van der Waals surface area contributed by atoms with Crippen LogP contribution in [0.1, 0.15) is 26.2 Å². The molecule has 0 aliphatic carbocycles. The van der Waals surface area contributed by atoms with Crippen molar-refractivity contribution in [2.45, 2.75) is 26.2 Å². The fourth-order valence-corrected chi connectivity index (χ4v) is 0.512. The minimum Gasteiger partial charge on any atom is -0.513 e. The number of rotatable bonds is 4. The van der Waals surface area contributed by atoms with Crippen LogP contribution in [0.15, 0.2) is 24.5 Å². The molecule has 0 amide bonds. The first-order valence-corrected chi connectivity index (χ1v) is 3.30. The smallest absolute Gasteiger partial charge is 0.0880 e. The number of hydrogen-bond donors (Lipinski definition) is 1. The predicted octanol–water partition coefficient (Wildman–Crippen LogP) is 2.80. The van der Waals surface area contributed by atoms with Gasteiger partial charge in [0, 0.05) is 6.42 Å². The monoisotopic (exact) mass is 126 g/mol. The molecular formula is C8H14O. The van der Waals surface area contributed by atoms with Gasteiger partial charge in [0.25, 0.3) is 0 Å². The molecule has 0 aromatic carbocycles. The average Bonchev–Trinajstić information content (AvgIpc) is 1.89. The van der Waals surface area contributed by atoms with E-state index >= 15 is 0 Å². The van der Waals surface area contributed by atoms with E-state index in [1.54, 1.807) is 0 Å². The van der Waals surface area contributed by atoms with Crippen molar-refractivity contribution in [3.63, 3.8) is 0 Å². The van der Waals surface area contributed by atoms with Gasteiger partial charge in [0.2, 0.25) is 0 Å². The Balaban J connectivity index is 3.31. The summed E-state index contributed by atoms with van der Waals surface area (Å²) in [4.78, 5) is 0. The van der Waals surface area contributed by atoms with E-state index in [0.717, 1.165) is 19.3 Å². The van der Waals surface area contributed by atoms with Crippen molar-refractivity contribution in [2.75, 3.05) is 0 Å². The van der Waals surface area contributed by atoms with E-state index in [0.29, 0.717) is 5.76 Å². The van der Waals surface area contributed by atoms with E-state index in [2.05, 4.69) is 6.58 Å². The lowest BCUT2D eigenvalue weighted by Crippen LogP contribution is -1.75. The zero-order valence-corrected chi connectivity index (χ0v) is 5.93. The first-order valence-electron chi connectivity index (χ1n) is 3.30. The summed E-state index contributed by atoms with van der Waals surface area (Å²) >= 11 is 0. The minimum atomic E-state index is 0.483. The van der Waals surface area contributed by atoms with Gasteiger partial charge >= 0.3 is 0 Å². The summed E-state index contributed by atoms with van der Waals surface area (Å²) in [6.45, 7) is 5.50. The van der Waals surface area contributed by atoms with Gasteiger partial charge in [-0.1, -0.05) is 13.0 Å². The van der Waals surface area contributed by atoms with E-state index < -0.39 is 0 Å². The van der Waals surface area contributed by atoms with Gasteiger partial charge in [-0.25, -0.2) is 0 Å². The van der Waals surface area contributed by atoms with E-state index in [4.69, 9.17) is 5.11 Å². The summed E-state index contributed by atoms with van der Waals surface area (Å²) in [6, 6.07) is 0. The molecule has 0 spiro atoms. The predicted molar refractivity (Wildman–Crippen MR) is 40.4 cm³/mol. The van der Waals surface area contributed by atoms with Crippen LogP contribution in [-0.4, -0.2) is 5.11 Å². The lowest BCUT2D eigenvalue weighted by atomic mass is 10.2. The van der Waals surface area contributed by atoms with Gasteiger partial charge in [0.1, 0.15) is 0 Å². The molecule has 0 rings (SSSR count). The van der Waals surface area contributed by atoms with Crippen molar-refractivity contribution >= 4 is 0 Å². The highest BCUT2D eigenvalue weighted by Crippen LogP contribution is 1.98. The van der Waals surface area contributed by atoms with Crippen LogP contribution in [0.5, 0.6) is 0 Å². The van der Waals surface area contributed by atoms with Crippen LogP contribution < -0.4 is 0 Å². The molecule has 9 heavy (non-hydrogen) atoms. The third-order valence-corrected chi connectivity index (χ3v) is 1.11. The third kappa shape index (κ3) is 5.15. The molecule has 0 unspecified atom stereocenters. The largest absolute Gasteiger partial charge is 0.513 e. The van der Waals surface area contributed by atoms with Crippen molar-refractivity contribution in [3.05, 3.63) is 24.5 Å². The van der Waals surface area contributed by atoms with Crippen molar-refractivity contribution in [1.82, 2.24) is 0 Å². The van der Waals surface area contributed by atoms with Gasteiger partial charge in [0.15, 0.2) is 0 Å². The van der Waals surface area contributed by atoms with Gasteiger partial charge in [0.05, 0.1) is 5.76 Å². The van der Waals surface area contributed by atoms with Crippen molar-refractivity contribution in [2.24, 2.45) is 0 Å². The van der Waals surface area contributed by atoms with Crippen LogP contribution in [0.3, 0.4) is 0 Å². The maximum Gasteiger partial charge on any atom is 0.0880 e. The summed E-state index contributed by atoms with van der Waals surface area (Å²) in [5.74, 6) is 0.483. The quantitative estimate of drug-likeness (QED) is 0.349. The van der Waals surface area contributed by atoms with Gasteiger partial charge < -0.3 is 5.11 Å². The highest BCUT2D eigenvalue weighted by molar-refractivity contribution is 4.90. The van der Waals surface area contributed by atoms with Crippen LogP contribution in [0.4, 0.5) is 0 Å². The molecule has 1 nitrogen and oxygen atoms in total. The molecule has 52 valence electrons. The zero-order chi connectivity index (χ0) is 7.11. The van der Waals surface area contributed by atoms with Crippen molar-refractivity contribution in [1.29, 1.82) is 0 Å². The average molecular weight is 126 g/mol. The van der Waals surface area contributed by atoms with Gasteiger partial charge in [-0.15, -0.1) is 6.58 Å². The number of aliphatic hydroxyl groups excluding tert-OH is 1. The Bertz CT molecular complexity index is 103. The Morgan fingerprint density at radius 2 is 2.22 bits per heavy atom. The summed E-state index contributed by atoms with van der Waals surface area (Å²) < 4.78 is 0. The van der Waals surface area contributed by atoms with E-state index in [1.165, 1.54) is 0 Å². The van der Waals surface area contributed by atoms with Crippen LogP contribution in [0.2, 0.25) is 0 Å². The molecule has 0 radical (unpaired) electrons. The lowest BCUT2D eigenvalue weighted by Gasteiger charge is -1.91. The Morgan fingerprint density at radius 3 is 2.67 bits per heavy atom. The van der Waals surface area contributed by atoms with Gasteiger partial charge in [-0.3, -0.25) is 0 Å². The second-order valence-electron chi connectivity index (χ2n) is 1.92. The topological polar surface area (TPSA) is 20.2 Å². The molecule has 0 aliphatic rings. The molecule has 0 saturated heterocycles. The SMILES string of the molecule is C=CCC/C=C(/O)CC. The van der Waals surface area contributed by atoms with E-state index in [1.807, 2.05) is 19.1 Å². The van der Waals surface area contributed by atoms with E-state index in [-0.39, 0.29) is 0 Å². The first-order chi connectivity index (χ1) is 4.31. The van der Waals surface area contributed by atoms with Crippen LogP contribution in [0, 0.1) is 0 Å². The highest BCUT2D eigenvalue weighted by atomic mass is 16.3. The van der Waals surface area contributed by atoms with Crippen LogP contribution >= 0.6 is 0 Å². The molecule has 0 heterocycles. The summed E-state index contributed by atoms with van der Waals surface area (Å²) in [5.41, 5.74) is 0. The maximum atomic E-state index is 8.91. The molecule has 1 heteroatoms. The molecular weight excluding hydrogens is 112 g/mol. The summed E-state index contributed by atoms with van der Waals surface area (Å²) in [7, 11) is 0. The zero-order valence-electron chi connectivity index (χ0n) is 5.93. The number of hydrogen-bond acceptors (Lipinski definition) is 1. The second-order valence-corrected chi connectivity index (χ2v) is 1.92. The Hall–Kier alpha value is -0.720. The van der Waals surface area contributed by atoms with E-state index in [9.17, 15) is 0 Å². The Labute approximate surface area is 56.7 Å². The number of aliphatic hydroxyl groups is 1. The molecule has 1 N–H and O–H groups in total. The Morgan fingerprint density at radius 1 is 1.56 bits per heavy atom. The van der Waals surface area contributed by atoms with Crippen molar-refractivity contribution < 1.29 is 5.11 Å². The molecule has 0 atom stereocenters. The summed E-state index contributed by atoms with van der Waals surface area (Å²) in [6.07, 6.45) is 6.27. The normalized spacial score (nSPS) is 11.4. The Kier molecular flexibility index (Phi) is 4.98. The fraction of sp³-hybridized carbons (Fsp3) is 0.500. The maximum absolute atomic E-state index is 8.91. The molecule has 0 aromatic rings. The highest BCUT2D eigenvalue weighted by Gasteiger charge is 1.83. The molecule has 0 saturated carbocycles. The lowest BCUT2D eigenvalue weighted by molar-refractivity contribution is 0.391. The van der Waals surface area contributed by atoms with Crippen LogP contribution in [-0.2, 0) is 0 Å². The second kappa shape index (κ2) is 5.42. The van der Waals surface area contributed by atoms with Crippen molar-refractivity contribution in [3.8, 4) is 0 Å². The summed E-state index contributed by atoms with van der Waals surface area (Å²) in [5, 5.41) is 8.91.